The first-order valence-electron chi connectivity index (χ1n) is 5.00. The van der Waals surface area contributed by atoms with Gasteiger partial charge in [-0.15, -0.1) is 0 Å². The molecule has 0 saturated carbocycles. The summed E-state index contributed by atoms with van der Waals surface area (Å²) in [7, 11) is 0. The molecule has 0 aliphatic carbocycles. The third-order valence-electron chi connectivity index (χ3n) is 2.34. The molecule has 86 valence electrons. The number of nitrogens with zero attached hydrogens (tertiary/aromatic N) is 1. The number of ether oxygens (including phenoxy) is 1. The molecule has 16 heavy (non-hydrogen) atoms. The van der Waals surface area contributed by atoms with Gasteiger partial charge in [-0.3, -0.25) is 4.98 Å². The molecule has 1 heterocycles. The van der Waals surface area contributed by atoms with Gasteiger partial charge >= 0.3 is 5.97 Å². The molecule has 1 N–H and O–H groups in total. The van der Waals surface area contributed by atoms with Gasteiger partial charge in [-0.05, 0) is 31.5 Å². The molecular weight excluding hydrogens is 206 g/mol. The Labute approximate surface area is 94.6 Å². The van der Waals surface area contributed by atoms with Crippen molar-refractivity contribution in [3.63, 3.8) is 0 Å². The molecule has 0 bridgehead atoms. The summed E-state index contributed by atoms with van der Waals surface area (Å²) in [6, 6.07) is 3.29. The first kappa shape index (κ1) is 12.4. The van der Waals surface area contributed by atoms with E-state index in [-0.39, 0.29) is 6.61 Å². The molecule has 4 nitrogen and oxygen atoms in total. The van der Waals surface area contributed by atoms with Crippen LogP contribution in [0.15, 0.2) is 36.7 Å². The van der Waals surface area contributed by atoms with Crippen LogP contribution in [-0.2, 0) is 15.1 Å². The SMILES string of the molecule is CC=CCOC(C)(C(=O)O)c1ccncc1. The quantitative estimate of drug-likeness (QED) is 0.772. The van der Waals surface area contributed by atoms with Gasteiger partial charge < -0.3 is 9.84 Å². The van der Waals surface area contributed by atoms with Crippen LogP contribution in [0.1, 0.15) is 19.4 Å². The molecule has 0 spiro atoms. The summed E-state index contributed by atoms with van der Waals surface area (Å²) in [5.74, 6) is -1.01. The van der Waals surface area contributed by atoms with Crippen molar-refractivity contribution in [2.45, 2.75) is 19.4 Å². The molecule has 0 aromatic carbocycles. The zero-order valence-electron chi connectivity index (χ0n) is 9.38. The van der Waals surface area contributed by atoms with Gasteiger partial charge in [0.25, 0.3) is 0 Å². The van der Waals surface area contributed by atoms with Crippen molar-refractivity contribution in [2.75, 3.05) is 6.61 Å². The molecule has 4 heteroatoms. The Balaban J connectivity index is 2.93. The highest BCUT2D eigenvalue weighted by molar-refractivity contribution is 5.78. The van der Waals surface area contributed by atoms with Crippen LogP contribution >= 0.6 is 0 Å². The largest absolute Gasteiger partial charge is 0.479 e. The maximum Gasteiger partial charge on any atom is 0.340 e. The molecule has 0 amide bonds. The lowest BCUT2D eigenvalue weighted by Gasteiger charge is -2.24. The topological polar surface area (TPSA) is 59.4 Å². The Morgan fingerprint density at radius 3 is 2.69 bits per heavy atom. The molecule has 0 saturated heterocycles. The van der Waals surface area contributed by atoms with Crippen molar-refractivity contribution in [3.8, 4) is 0 Å². The number of carbonyl (C=O) groups is 1. The molecule has 1 unspecified atom stereocenters. The number of hydrogen-bond acceptors (Lipinski definition) is 3. The third-order valence-corrected chi connectivity index (χ3v) is 2.34. The third kappa shape index (κ3) is 2.67. The molecule has 0 aliphatic heterocycles. The Morgan fingerprint density at radius 2 is 2.19 bits per heavy atom. The van der Waals surface area contributed by atoms with Crippen LogP contribution in [-0.4, -0.2) is 22.7 Å². The lowest BCUT2D eigenvalue weighted by molar-refractivity contribution is -0.163. The highest BCUT2D eigenvalue weighted by Gasteiger charge is 2.35. The van der Waals surface area contributed by atoms with Crippen molar-refractivity contribution >= 4 is 5.97 Å². The highest BCUT2D eigenvalue weighted by atomic mass is 16.5. The number of carboxylic acids is 1. The second-order valence-corrected chi connectivity index (χ2v) is 3.45. The van der Waals surface area contributed by atoms with Gasteiger partial charge in [0.05, 0.1) is 6.61 Å². The fourth-order valence-electron chi connectivity index (χ4n) is 1.25. The Bertz CT molecular complexity index is 375. The van der Waals surface area contributed by atoms with Crippen molar-refractivity contribution in [2.24, 2.45) is 0 Å². The van der Waals surface area contributed by atoms with E-state index in [2.05, 4.69) is 4.98 Å². The minimum Gasteiger partial charge on any atom is -0.479 e. The average molecular weight is 221 g/mol. The van der Waals surface area contributed by atoms with Gasteiger partial charge in [0.15, 0.2) is 5.60 Å². The second-order valence-electron chi connectivity index (χ2n) is 3.45. The van der Waals surface area contributed by atoms with E-state index in [1.165, 1.54) is 6.92 Å². The predicted molar refractivity (Wildman–Crippen MR) is 60.0 cm³/mol. The van der Waals surface area contributed by atoms with Gasteiger partial charge in [-0.1, -0.05) is 12.2 Å². The molecule has 0 aliphatic rings. The van der Waals surface area contributed by atoms with E-state index >= 15 is 0 Å². The zero-order chi connectivity index (χ0) is 12.0. The Morgan fingerprint density at radius 1 is 1.56 bits per heavy atom. The van der Waals surface area contributed by atoms with Crippen LogP contribution in [0.25, 0.3) is 0 Å². The van der Waals surface area contributed by atoms with Crippen molar-refractivity contribution < 1.29 is 14.6 Å². The Hall–Kier alpha value is -1.68. The van der Waals surface area contributed by atoms with Gasteiger partial charge in [0.1, 0.15) is 0 Å². The molecular formula is C12H15NO3. The van der Waals surface area contributed by atoms with E-state index in [9.17, 15) is 9.90 Å². The summed E-state index contributed by atoms with van der Waals surface area (Å²) in [5, 5.41) is 9.22. The maximum absolute atomic E-state index is 11.2. The van der Waals surface area contributed by atoms with Gasteiger partial charge in [-0.25, -0.2) is 4.79 Å². The number of aliphatic carboxylic acids is 1. The fourth-order valence-corrected chi connectivity index (χ4v) is 1.25. The molecule has 1 atom stereocenters. The predicted octanol–water partition coefficient (Wildman–Crippen LogP) is 1.97. The lowest BCUT2D eigenvalue weighted by atomic mass is 9.97. The number of allylic oxidation sites excluding steroid dienone is 1. The summed E-state index contributed by atoms with van der Waals surface area (Å²) in [6.07, 6.45) is 6.68. The minimum absolute atomic E-state index is 0.265. The normalized spacial score (nSPS) is 14.9. The van der Waals surface area contributed by atoms with E-state index in [4.69, 9.17) is 4.74 Å². The molecule has 0 radical (unpaired) electrons. The average Bonchev–Trinajstić information content (AvgIpc) is 2.30. The van der Waals surface area contributed by atoms with Gasteiger partial charge in [-0.2, -0.15) is 0 Å². The smallest absolute Gasteiger partial charge is 0.340 e. The first-order valence-corrected chi connectivity index (χ1v) is 5.00. The Kier molecular flexibility index (Phi) is 4.19. The van der Waals surface area contributed by atoms with Crippen LogP contribution in [0.5, 0.6) is 0 Å². The van der Waals surface area contributed by atoms with E-state index in [1.807, 2.05) is 13.0 Å². The first-order chi connectivity index (χ1) is 7.61. The highest BCUT2D eigenvalue weighted by Crippen LogP contribution is 2.25. The zero-order valence-corrected chi connectivity index (χ0v) is 9.38. The van der Waals surface area contributed by atoms with Crippen molar-refractivity contribution in [1.82, 2.24) is 4.98 Å². The lowest BCUT2D eigenvalue weighted by Crippen LogP contribution is -2.35. The summed E-state index contributed by atoms with van der Waals surface area (Å²) in [5.41, 5.74) is -0.748. The number of hydrogen-bond donors (Lipinski definition) is 1. The fraction of sp³-hybridized carbons (Fsp3) is 0.333. The van der Waals surface area contributed by atoms with Crippen LogP contribution in [0, 0.1) is 0 Å². The minimum atomic E-state index is -1.33. The van der Waals surface area contributed by atoms with Crippen molar-refractivity contribution in [3.05, 3.63) is 42.2 Å². The number of carboxylic acid groups (broad SMARTS) is 1. The number of rotatable bonds is 5. The van der Waals surface area contributed by atoms with Gasteiger partial charge in [0, 0.05) is 12.4 Å². The van der Waals surface area contributed by atoms with Crippen LogP contribution < -0.4 is 0 Å². The second kappa shape index (κ2) is 5.42. The van der Waals surface area contributed by atoms with E-state index in [0.29, 0.717) is 5.56 Å². The summed E-state index contributed by atoms with van der Waals surface area (Å²) < 4.78 is 5.40. The number of aromatic nitrogens is 1. The van der Waals surface area contributed by atoms with E-state index in [1.54, 1.807) is 30.6 Å². The standard InChI is InChI=1S/C12H15NO3/c1-3-4-9-16-12(2,11(14)15)10-5-7-13-8-6-10/h3-8H,9H2,1-2H3,(H,14,15). The monoisotopic (exact) mass is 221 g/mol. The van der Waals surface area contributed by atoms with Crippen LogP contribution in [0.3, 0.4) is 0 Å². The maximum atomic E-state index is 11.2. The van der Waals surface area contributed by atoms with Crippen LogP contribution in [0.4, 0.5) is 0 Å². The van der Waals surface area contributed by atoms with Gasteiger partial charge in [0.2, 0.25) is 0 Å². The summed E-state index contributed by atoms with van der Waals surface area (Å²) in [4.78, 5) is 15.1. The van der Waals surface area contributed by atoms with E-state index in [0.717, 1.165) is 0 Å². The van der Waals surface area contributed by atoms with Crippen molar-refractivity contribution in [1.29, 1.82) is 0 Å². The molecule has 0 fully saturated rings. The number of pyridine rings is 1. The van der Waals surface area contributed by atoms with E-state index < -0.39 is 11.6 Å². The molecule has 1 aromatic rings. The summed E-state index contributed by atoms with van der Waals surface area (Å²) in [6.45, 7) is 3.66. The molecule has 1 rings (SSSR count). The molecule has 1 aromatic heterocycles. The summed E-state index contributed by atoms with van der Waals surface area (Å²) >= 11 is 0. The van der Waals surface area contributed by atoms with Crippen LogP contribution in [0.2, 0.25) is 0 Å².